The number of urea groups is 1. The van der Waals surface area contributed by atoms with E-state index in [0.29, 0.717) is 26.3 Å². The number of rotatable bonds is 5. The first-order chi connectivity index (χ1) is 12.1. The molecule has 25 heavy (non-hydrogen) atoms. The molecule has 2 aromatic rings. The second kappa shape index (κ2) is 8.18. The number of carbonyl (C=O) groups is 1. The van der Waals surface area contributed by atoms with Gasteiger partial charge in [0.2, 0.25) is 0 Å². The van der Waals surface area contributed by atoms with E-state index < -0.39 is 0 Å². The second-order valence-corrected chi connectivity index (χ2v) is 6.36. The smallest absolute Gasteiger partial charge is 0.322 e. The average molecular weight is 344 g/mol. The maximum absolute atomic E-state index is 12.5. The zero-order valence-corrected chi connectivity index (χ0v) is 14.6. The zero-order chi connectivity index (χ0) is 17.6. The Morgan fingerprint density at radius 2 is 2.00 bits per heavy atom. The Morgan fingerprint density at radius 3 is 2.72 bits per heavy atom. The van der Waals surface area contributed by atoms with Crippen LogP contribution in [0.1, 0.15) is 25.2 Å². The van der Waals surface area contributed by atoms with Crippen LogP contribution >= 0.6 is 0 Å². The van der Waals surface area contributed by atoms with Gasteiger partial charge in [-0.3, -0.25) is 0 Å². The van der Waals surface area contributed by atoms with Crippen LogP contribution in [0.5, 0.6) is 0 Å². The van der Waals surface area contributed by atoms with Crippen molar-refractivity contribution in [2.75, 3.05) is 18.4 Å². The molecule has 2 amide bonds. The molecule has 0 bridgehead atoms. The van der Waals surface area contributed by atoms with Gasteiger partial charge >= 0.3 is 6.03 Å². The molecule has 0 aliphatic carbocycles. The molecular formula is C19H24N2O4. The van der Waals surface area contributed by atoms with Crippen LogP contribution in [0, 0.1) is 0 Å². The summed E-state index contributed by atoms with van der Waals surface area (Å²) in [5.41, 5.74) is 1.75. The number of anilines is 1. The molecule has 1 aromatic carbocycles. The van der Waals surface area contributed by atoms with Gasteiger partial charge < -0.3 is 24.1 Å². The van der Waals surface area contributed by atoms with Gasteiger partial charge in [0.1, 0.15) is 12.4 Å². The molecule has 2 atom stereocenters. The Bertz CT molecular complexity index is 676. The fourth-order valence-corrected chi connectivity index (χ4v) is 2.95. The molecule has 134 valence electrons. The highest BCUT2D eigenvalue weighted by Crippen LogP contribution is 2.16. The fraction of sp³-hybridized carbons (Fsp3) is 0.421. The summed E-state index contributed by atoms with van der Waals surface area (Å²) in [6, 6.07) is 11.3. The lowest BCUT2D eigenvalue weighted by Gasteiger charge is -2.35. The molecule has 6 heteroatoms. The molecule has 1 aliphatic heterocycles. The molecular weight excluding hydrogens is 320 g/mol. The molecule has 1 aliphatic rings. The molecule has 1 saturated heterocycles. The van der Waals surface area contributed by atoms with Gasteiger partial charge in [-0.05, 0) is 43.7 Å². The maximum Gasteiger partial charge on any atom is 0.322 e. The highest BCUT2D eigenvalue weighted by atomic mass is 16.5. The van der Waals surface area contributed by atoms with Crippen molar-refractivity contribution in [2.24, 2.45) is 0 Å². The molecule has 1 N–H and O–H groups in total. The lowest BCUT2D eigenvalue weighted by Crippen LogP contribution is -2.49. The van der Waals surface area contributed by atoms with Crippen molar-refractivity contribution in [3.05, 3.63) is 54.0 Å². The summed E-state index contributed by atoms with van der Waals surface area (Å²) in [7, 11) is 0. The van der Waals surface area contributed by atoms with Crippen LogP contribution in [0.2, 0.25) is 0 Å². The van der Waals surface area contributed by atoms with E-state index in [1.54, 1.807) is 11.2 Å². The van der Waals surface area contributed by atoms with Crippen LogP contribution in [0.25, 0.3) is 0 Å². The van der Waals surface area contributed by atoms with E-state index >= 15 is 0 Å². The van der Waals surface area contributed by atoms with Gasteiger partial charge in [-0.1, -0.05) is 12.1 Å². The van der Waals surface area contributed by atoms with Gasteiger partial charge in [-0.15, -0.1) is 0 Å². The maximum atomic E-state index is 12.5. The Labute approximate surface area is 147 Å². The third kappa shape index (κ3) is 5.08. The molecule has 0 saturated carbocycles. The Kier molecular flexibility index (Phi) is 5.73. The minimum Gasteiger partial charge on any atom is -0.467 e. The van der Waals surface area contributed by atoms with Crippen LogP contribution in [0.15, 0.2) is 47.1 Å². The Balaban J connectivity index is 1.53. The molecule has 6 nitrogen and oxygen atoms in total. The Morgan fingerprint density at radius 1 is 1.20 bits per heavy atom. The lowest BCUT2D eigenvalue weighted by atomic mass is 10.2. The summed E-state index contributed by atoms with van der Waals surface area (Å²) in [5.74, 6) is 0.792. The van der Waals surface area contributed by atoms with Gasteiger partial charge in [0, 0.05) is 18.8 Å². The monoisotopic (exact) mass is 344 g/mol. The van der Waals surface area contributed by atoms with E-state index in [1.165, 1.54) is 0 Å². The average Bonchev–Trinajstić information content (AvgIpc) is 3.08. The number of amides is 2. The third-order valence-corrected chi connectivity index (χ3v) is 3.98. The topological polar surface area (TPSA) is 63.9 Å². The fourth-order valence-electron chi connectivity index (χ4n) is 2.95. The third-order valence-electron chi connectivity index (χ3n) is 3.98. The van der Waals surface area contributed by atoms with Crippen LogP contribution in [0.4, 0.5) is 10.5 Å². The Hall–Kier alpha value is -2.31. The number of hydrogen-bond acceptors (Lipinski definition) is 4. The molecule has 0 spiro atoms. The summed E-state index contributed by atoms with van der Waals surface area (Å²) in [6.45, 7) is 6.03. The largest absolute Gasteiger partial charge is 0.467 e. The van der Waals surface area contributed by atoms with Gasteiger partial charge in [-0.2, -0.15) is 0 Å². The molecule has 2 heterocycles. The van der Waals surface area contributed by atoms with E-state index in [1.807, 2.05) is 50.2 Å². The van der Waals surface area contributed by atoms with Crippen LogP contribution in [-0.2, 0) is 22.7 Å². The molecule has 1 fully saturated rings. The predicted molar refractivity (Wildman–Crippen MR) is 94.2 cm³/mol. The van der Waals surface area contributed by atoms with Crippen molar-refractivity contribution in [3.63, 3.8) is 0 Å². The second-order valence-electron chi connectivity index (χ2n) is 6.36. The summed E-state index contributed by atoms with van der Waals surface area (Å²) in [6.07, 6.45) is 1.73. The number of hydrogen-bond donors (Lipinski definition) is 1. The van der Waals surface area contributed by atoms with Gasteiger partial charge in [-0.25, -0.2) is 4.79 Å². The van der Waals surface area contributed by atoms with E-state index in [4.69, 9.17) is 13.9 Å². The number of benzene rings is 1. The van der Waals surface area contributed by atoms with E-state index in [-0.39, 0.29) is 18.2 Å². The van der Waals surface area contributed by atoms with E-state index in [9.17, 15) is 4.79 Å². The predicted octanol–water partition coefficient (Wildman–Crippen LogP) is 3.64. The normalized spacial score (nSPS) is 20.5. The molecule has 0 radical (unpaired) electrons. The number of furan rings is 1. The van der Waals surface area contributed by atoms with Crippen molar-refractivity contribution in [1.82, 2.24) is 4.90 Å². The van der Waals surface area contributed by atoms with Crippen LogP contribution in [0.3, 0.4) is 0 Å². The molecule has 1 aromatic heterocycles. The summed E-state index contributed by atoms with van der Waals surface area (Å²) >= 11 is 0. The highest BCUT2D eigenvalue weighted by Gasteiger charge is 2.25. The minimum absolute atomic E-state index is 0.0517. The van der Waals surface area contributed by atoms with Gasteiger partial charge in [0.05, 0.1) is 25.1 Å². The number of morpholine rings is 1. The summed E-state index contributed by atoms with van der Waals surface area (Å²) in [5, 5.41) is 2.95. The van der Waals surface area contributed by atoms with Crippen molar-refractivity contribution in [3.8, 4) is 0 Å². The lowest BCUT2D eigenvalue weighted by molar-refractivity contribution is -0.0530. The van der Waals surface area contributed by atoms with Gasteiger partial charge in [0.25, 0.3) is 0 Å². The number of nitrogens with zero attached hydrogens (tertiary/aromatic N) is 1. The number of nitrogens with one attached hydrogen (secondary N) is 1. The SMILES string of the molecule is CC1CN(C(=O)Nc2cccc(COCc3ccco3)c2)CC(C)O1. The standard InChI is InChI=1S/C19H24N2O4/c1-14-10-21(11-15(2)25-14)19(22)20-17-6-3-5-16(9-17)12-23-13-18-7-4-8-24-18/h3-9,14-15H,10-13H2,1-2H3,(H,20,22). The number of carbonyl (C=O) groups excluding carboxylic acids is 1. The van der Waals surface area contributed by atoms with E-state index in [0.717, 1.165) is 17.0 Å². The quantitative estimate of drug-likeness (QED) is 0.899. The summed E-state index contributed by atoms with van der Waals surface area (Å²) in [4.78, 5) is 14.2. The van der Waals surface area contributed by atoms with Crippen molar-refractivity contribution >= 4 is 11.7 Å². The summed E-state index contributed by atoms with van der Waals surface area (Å²) < 4.78 is 16.5. The van der Waals surface area contributed by atoms with Crippen LogP contribution in [-0.4, -0.2) is 36.2 Å². The molecule has 3 rings (SSSR count). The molecule has 2 unspecified atom stereocenters. The van der Waals surface area contributed by atoms with Gasteiger partial charge in [0.15, 0.2) is 0 Å². The minimum atomic E-state index is -0.101. The first-order valence-electron chi connectivity index (χ1n) is 8.50. The van der Waals surface area contributed by atoms with Crippen molar-refractivity contribution in [1.29, 1.82) is 0 Å². The van der Waals surface area contributed by atoms with Crippen molar-refractivity contribution in [2.45, 2.75) is 39.3 Å². The van der Waals surface area contributed by atoms with E-state index in [2.05, 4.69) is 5.32 Å². The number of ether oxygens (including phenoxy) is 2. The van der Waals surface area contributed by atoms with Crippen molar-refractivity contribution < 1.29 is 18.7 Å². The highest BCUT2D eigenvalue weighted by molar-refractivity contribution is 5.89. The first-order valence-corrected chi connectivity index (χ1v) is 8.50. The van der Waals surface area contributed by atoms with Crippen LogP contribution < -0.4 is 5.32 Å². The first kappa shape index (κ1) is 17.5. The zero-order valence-electron chi connectivity index (χ0n) is 14.6.